The Bertz CT molecular complexity index is 216. The monoisotopic (exact) mass is 213 g/mol. The molecule has 15 heavy (non-hydrogen) atoms. The lowest BCUT2D eigenvalue weighted by molar-refractivity contribution is -0.134. The third-order valence-electron chi connectivity index (χ3n) is 3.63. The molecule has 0 bridgehead atoms. The summed E-state index contributed by atoms with van der Waals surface area (Å²) in [6.07, 6.45) is 3.46. The number of carbonyl (C=O) groups excluding carboxylic acids is 1. The van der Waals surface area contributed by atoms with Gasteiger partial charge in [0.05, 0.1) is 12.1 Å². The molecule has 3 nitrogen and oxygen atoms in total. The van der Waals surface area contributed by atoms with E-state index in [1.165, 1.54) is 0 Å². The number of carbonyl (C=O) groups is 1. The fraction of sp³-hybridized carbons (Fsp3) is 0.917. The molecule has 1 aliphatic rings. The van der Waals surface area contributed by atoms with Crippen LogP contribution in [0.15, 0.2) is 0 Å². The van der Waals surface area contributed by atoms with E-state index in [-0.39, 0.29) is 11.9 Å². The van der Waals surface area contributed by atoms with Gasteiger partial charge in [-0.3, -0.25) is 4.79 Å². The molecule has 1 aliphatic heterocycles. The highest BCUT2D eigenvalue weighted by Crippen LogP contribution is 2.22. The summed E-state index contributed by atoms with van der Waals surface area (Å²) in [5.41, 5.74) is 0. The van der Waals surface area contributed by atoms with E-state index in [9.17, 15) is 9.90 Å². The minimum absolute atomic E-state index is 0.0480. The summed E-state index contributed by atoms with van der Waals surface area (Å²) < 4.78 is 0. The van der Waals surface area contributed by atoms with Crippen molar-refractivity contribution in [2.75, 3.05) is 6.54 Å². The molecule has 0 aromatic heterocycles. The first kappa shape index (κ1) is 12.5. The Morgan fingerprint density at radius 1 is 1.47 bits per heavy atom. The zero-order valence-corrected chi connectivity index (χ0v) is 10.1. The Morgan fingerprint density at radius 3 is 2.67 bits per heavy atom. The molecule has 1 amide bonds. The number of hydrogen-bond acceptors (Lipinski definition) is 2. The predicted octanol–water partition coefficient (Wildman–Crippen LogP) is 1.79. The molecule has 3 heteroatoms. The maximum Gasteiger partial charge on any atom is 0.222 e. The fourth-order valence-electron chi connectivity index (χ4n) is 2.16. The lowest BCUT2D eigenvalue weighted by Gasteiger charge is -2.30. The van der Waals surface area contributed by atoms with E-state index in [0.29, 0.717) is 12.3 Å². The topological polar surface area (TPSA) is 40.5 Å². The number of likely N-dealkylation sites (tertiary alicyclic amines) is 1. The Morgan fingerprint density at radius 2 is 2.13 bits per heavy atom. The number of rotatable bonds is 3. The summed E-state index contributed by atoms with van der Waals surface area (Å²) in [6.45, 7) is 6.67. The summed E-state index contributed by atoms with van der Waals surface area (Å²) in [7, 11) is 0. The molecule has 0 aromatic carbocycles. The van der Waals surface area contributed by atoms with Crippen LogP contribution in [0.1, 0.15) is 46.5 Å². The highest BCUT2D eigenvalue weighted by atomic mass is 16.3. The van der Waals surface area contributed by atoms with E-state index in [2.05, 4.69) is 6.92 Å². The predicted molar refractivity (Wildman–Crippen MR) is 60.5 cm³/mol. The van der Waals surface area contributed by atoms with Crippen molar-refractivity contribution >= 4 is 5.91 Å². The van der Waals surface area contributed by atoms with E-state index in [0.717, 1.165) is 25.8 Å². The maximum atomic E-state index is 11.8. The third-order valence-corrected chi connectivity index (χ3v) is 3.63. The first-order valence-electron chi connectivity index (χ1n) is 6.03. The SMILES string of the molecule is CCC1CCC(=O)N(C(C)C(C)O)CC1. The summed E-state index contributed by atoms with van der Waals surface area (Å²) >= 11 is 0. The number of aliphatic hydroxyl groups is 1. The van der Waals surface area contributed by atoms with Crippen molar-refractivity contribution in [1.82, 2.24) is 4.90 Å². The van der Waals surface area contributed by atoms with E-state index in [4.69, 9.17) is 0 Å². The smallest absolute Gasteiger partial charge is 0.222 e. The summed E-state index contributed by atoms with van der Waals surface area (Å²) in [5, 5.41) is 9.51. The van der Waals surface area contributed by atoms with Gasteiger partial charge in [-0.2, -0.15) is 0 Å². The minimum atomic E-state index is -0.438. The van der Waals surface area contributed by atoms with Crippen LogP contribution < -0.4 is 0 Å². The standard InChI is InChI=1S/C12H23NO2/c1-4-11-5-6-12(15)13(8-7-11)9(2)10(3)14/h9-11,14H,4-8H2,1-3H3. The van der Waals surface area contributed by atoms with Gasteiger partial charge in [-0.15, -0.1) is 0 Å². The normalized spacial score (nSPS) is 27.3. The molecule has 1 fully saturated rings. The molecule has 1 N–H and O–H groups in total. The first-order chi connectivity index (χ1) is 7.06. The number of aliphatic hydroxyl groups excluding tert-OH is 1. The molecule has 0 spiro atoms. The van der Waals surface area contributed by atoms with E-state index in [1.807, 2.05) is 11.8 Å². The summed E-state index contributed by atoms with van der Waals surface area (Å²) in [6, 6.07) is -0.0480. The lowest BCUT2D eigenvalue weighted by Crippen LogP contribution is -2.44. The fourth-order valence-corrected chi connectivity index (χ4v) is 2.16. The van der Waals surface area contributed by atoms with Crippen LogP contribution in [0, 0.1) is 5.92 Å². The van der Waals surface area contributed by atoms with Crippen LogP contribution in [0.2, 0.25) is 0 Å². The van der Waals surface area contributed by atoms with Crippen molar-refractivity contribution < 1.29 is 9.90 Å². The Balaban J connectivity index is 2.61. The molecule has 0 radical (unpaired) electrons. The molecule has 1 heterocycles. The van der Waals surface area contributed by atoms with Gasteiger partial charge in [0.2, 0.25) is 5.91 Å². The average Bonchev–Trinajstić information content (AvgIpc) is 2.39. The Hall–Kier alpha value is -0.570. The molecule has 1 rings (SSSR count). The van der Waals surface area contributed by atoms with Crippen LogP contribution >= 0.6 is 0 Å². The van der Waals surface area contributed by atoms with Crippen LogP contribution in [0.4, 0.5) is 0 Å². The van der Waals surface area contributed by atoms with Crippen LogP contribution in [0.25, 0.3) is 0 Å². The van der Waals surface area contributed by atoms with Gasteiger partial charge in [0.15, 0.2) is 0 Å². The van der Waals surface area contributed by atoms with Gasteiger partial charge < -0.3 is 10.0 Å². The van der Waals surface area contributed by atoms with E-state index in [1.54, 1.807) is 6.92 Å². The number of hydrogen-bond donors (Lipinski definition) is 1. The number of amides is 1. The largest absolute Gasteiger partial charge is 0.391 e. The van der Waals surface area contributed by atoms with Gasteiger partial charge in [-0.1, -0.05) is 13.3 Å². The van der Waals surface area contributed by atoms with Crippen molar-refractivity contribution in [3.8, 4) is 0 Å². The number of nitrogens with zero attached hydrogens (tertiary/aromatic N) is 1. The second kappa shape index (κ2) is 5.50. The molecular formula is C12H23NO2. The lowest BCUT2D eigenvalue weighted by atomic mass is 9.98. The van der Waals surface area contributed by atoms with Gasteiger partial charge in [0.1, 0.15) is 0 Å². The maximum absolute atomic E-state index is 11.8. The minimum Gasteiger partial charge on any atom is -0.391 e. The Labute approximate surface area is 92.5 Å². The van der Waals surface area contributed by atoms with Gasteiger partial charge in [0.25, 0.3) is 0 Å². The Kier molecular flexibility index (Phi) is 4.58. The zero-order valence-electron chi connectivity index (χ0n) is 10.1. The van der Waals surface area contributed by atoms with Gasteiger partial charge in [-0.25, -0.2) is 0 Å². The molecule has 0 saturated carbocycles. The molecule has 0 aromatic rings. The van der Waals surface area contributed by atoms with E-state index >= 15 is 0 Å². The zero-order chi connectivity index (χ0) is 11.4. The third kappa shape index (κ3) is 3.20. The van der Waals surface area contributed by atoms with Crippen LogP contribution in [-0.4, -0.2) is 34.6 Å². The van der Waals surface area contributed by atoms with Crippen LogP contribution in [-0.2, 0) is 4.79 Å². The van der Waals surface area contributed by atoms with Crippen molar-refractivity contribution in [3.63, 3.8) is 0 Å². The first-order valence-corrected chi connectivity index (χ1v) is 6.03. The highest BCUT2D eigenvalue weighted by Gasteiger charge is 2.27. The summed E-state index contributed by atoms with van der Waals surface area (Å²) in [5.74, 6) is 0.888. The van der Waals surface area contributed by atoms with Crippen LogP contribution in [0.5, 0.6) is 0 Å². The second-order valence-corrected chi connectivity index (χ2v) is 4.67. The van der Waals surface area contributed by atoms with E-state index < -0.39 is 6.10 Å². The molecular weight excluding hydrogens is 190 g/mol. The summed E-state index contributed by atoms with van der Waals surface area (Å²) in [4.78, 5) is 13.7. The average molecular weight is 213 g/mol. The molecule has 1 saturated heterocycles. The second-order valence-electron chi connectivity index (χ2n) is 4.67. The van der Waals surface area contributed by atoms with Crippen molar-refractivity contribution in [3.05, 3.63) is 0 Å². The quantitative estimate of drug-likeness (QED) is 0.776. The van der Waals surface area contributed by atoms with Crippen molar-refractivity contribution in [2.24, 2.45) is 5.92 Å². The molecule has 3 atom stereocenters. The van der Waals surface area contributed by atoms with Crippen molar-refractivity contribution in [2.45, 2.75) is 58.6 Å². The van der Waals surface area contributed by atoms with Gasteiger partial charge in [-0.05, 0) is 32.6 Å². The van der Waals surface area contributed by atoms with Gasteiger partial charge >= 0.3 is 0 Å². The van der Waals surface area contributed by atoms with Crippen LogP contribution in [0.3, 0.4) is 0 Å². The van der Waals surface area contributed by atoms with Gasteiger partial charge in [0, 0.05) is 13.0 Å². The molecule has 0 aliphatic carbocycles. The highest BCUT2D eigenvalue weighted by molar-refractivity contribution is 5.76. The molecule has 3 unspecified atom stereocenters. The molecule has 88 valence electrons. The van der Waals surface area contributed by atoms with Crippen molar-refractivity contribution in [1.29, 1.82) is 0 Å².